The summed E-state index contributed by atoms with van der Waals surface area (Å²) in [5.41, 5.74) is 7.16. The molecule has 2 aromatic carbocycles. The Morgan fingerprint density at radius 2 is 2.00 bits per heavy atom. The number of anilines is 1. The van der Waals surface area contributed by atoms with Crippen LogP contribution in [-0.2, 0) is 16.0 Å². The number of hydrogen-bond donors (Lipinski definition) is 2. The van der Waals surface area contributed by atoms with Crippen LogP contribution in [0.15, 0.2) is 53.6 Å². The molecule has 2 N–H and O–H groups in total. The highest BCUT2D eigenvalue weighted by molar-refractivity contribution is 6.07. The van der Waals surface area contributed by atoms with Gasteiger partial charge >= 0.3 is 0 Å². The number of hydrogen-bond acceptors (Lipinski definition) is 3. The van der Waals surface area contributed by atoms with E-state index in [1.807, 2.05) is 62.4 Å². The lowest BCUT2D eigenvalue weighted by Gasteiger charge is -2.21. The number of carbonyl (C=O) groups is 2. The Balaban J connectivity index is 1.72. The molecule has 0 aliphatic carbocycles. The summed E-state index contributed by atoms with van der Waals surface area (Å²) in [7, 11) is 0. The number of nitrogens with one attached hydrogen (secondary N) is 2. The molecule has 1 heterocycles. The van der Waals surface area contributed by atoms with E-state index in [0.717, 1.165) is 28.1 Å². The molecular weight excluding hydrogens is 314 g/mol. The summed E-state index contributed by atoms with van der Waals surface area (Å²) in [6.45, 7) is 3.97. The predicted molar refractivity (Wildman–Crippen MR) is 98.4 cm³/mol. The fraction of sp³-hybridized carbons (Fsp3) is 0.250. The van der Waals surface area contributed by atoms with Crippen LogP contribution in [0.3, 0.4) is 0 Å². The summed E-state index contributed by atoms with van der Waals surface area (Å²) >= 11 is 0. The van der Waals surface area contributed by atoms with E-state index in [1.54, 1.807) is 0 Å². The van der Waals surface area contributed by atoms with E-state index >= 15 is 0 Å². The quantitative estimate of drug-likeness (QED) is 0.901. The van der Waals surface area contributed by atoms with E-state index in [0.29, 0.717) is 12.8 Å². The van der Waals surface area contributed by atoms with Crippen LogP contribution in [0.2, 0.25) is 0 Å². The molecule has 0 saturated heterocycles. The first-order valence-corrected chi connectivity index (χ1v) is 8.34. The van der Waals surface area contributed by atoms with E-state index in [9.17, 15) is 9.59 Å². The summed E-state index contributed by atoms with van der Waals surface area (Å²) in [6, 6.07) is 15.4. The van der Waals surface area contributed by atoms with Gasteiger partial charge in [0.25, 0.3) is 0 Å². The smallest absolute Gasteiger partial charge is 0.240 e. The van der Waals surface area contributed by atoms with Crippen molar-refractivity contribution >= 4 is 23.2 Å². The van der Waals surface area contributed by atoms with Crippen molar-refractivity contribution in [2.24, 2.45) is 11.0 Å². The van der Waals surface area contributed by atoms with Crippen molar-refractivity contribution in [2.45, 2.75) is 26.7 Å². The molecule has 1 aliphatic rings. The zero-order valence-corrected chi connectivity index (χ0v) is 14.4. The van der Waals surface area contributed by atoms with Gasteiger partial charge < -0.3 is 5.32 Å². The maximum absolute atomic E-state index is 12.2. The van der Waals surface area contributed by atoms with Crippen LogP contribution in [0.1, 0.15) is 30.0 Å². The average Bonchev–Trinajstić information content (AvgIpc) is 2.57. The molecule has 5 nitrogen and oxygen atoms in total. The molecule has 1 aliphatic heterocycles. The number of hydrazone groups is 1. The van der Waals surface area contributed by atoms with Crippen LogP contribution in [0, 0.1) is 12.8 Å². The third-order valence-electron chi connectivity index (χ3n) is 4.25. The monoisotopic (exact) mass is 335 g/mol. The van der Waals surface area contributed by atoms with Crippen molar-refractivity contribution in [3.63, 3.8) is 0 Å². The molecule has 25 heavy (non-hydrogen) atoms. The first kappa shape index (κ1) is 16.9. The lowest BCUT2D eigenvalue weighted by atomic mass is 9.91. The summed E-state index contributed by atoms with van der Waals surface area (Å²) in [5.74, 6) is -0.0290. The van der Waals surface area contributed by atoms with Crippen molar-refractivity contribution in [2.75, 3.05) is 5.32 Å². The Hall–Kier alpha value is -2.95. The predicted octanol–water partition coefficient (Wildman–Crippen LogP) is 3.04. The minimum Gasteiger partial charge on any atom is -0.326 e. The van der Waals surface area contributed by atoms with Gasteiger partial charge in [0.1, 0.15) is 0 Å². The van der Waals surface area contributed by atoms with Gasteiger partial charge in [-0.3, -0.25) is 9.59 Å². The highest BCUT2D eigenvalue weighted by Gasteiger charge is 2.22. The van der Waals surface area contributed by atoms with Gasteiger partial charge in [-0.1, -0.05) is 43.3 Å². The van der Waals surface area contributed by atoms with Gasteiger partial charge in [0.15, 0.2) is 0 Å². The van der Waals surface area contributed by atoms with Gasteiger partial charge in [0, 0.05) is 23.6 Å². The lowest BCUT2D eigenvalue weighted by molar-refractivity contribution is -0.122. The highest BCUT2D eigenvalue weighted by atomic mass is 16.2. The number of amides is 2. The van der Waals surface area contributed by atoms with E-state index in [2.05, 4.69) is 15.8 Å². The van der Waals surface area contributed by atoms with Crippen LogP contribution >= 0.6 is 0 Å². The molecule has 1 unspecified atom stereocenters. The fourth-order valence-corrected chi connectivity index (χ4v) is 2.99. The van der Waals surface area contributed by atoms with Gasteiger partial charge in [-0.05, 0) is 30.2 Å². The summed E-state index contributed by atoms with van der Waals surface area (Å²) in [6.07, 6.45) is 0.783. The first-order valence-electron chi connectivity index (χ1n) is 8.34. The summed E-state index contributed by atoms with van der Waals surface area (Å²) < 4.78 is 0. The van der Waals surface area contributed by atoms with Gasteiger partial charge in [-0.15, -0.1) is 0 Å². The second kappa shape index (κ2) is 7.30. The molecule has 1 atom stereocenters. The van der Waals surface area contributed by atoms with Gasteiger partial charge in [0.05, 0.1) is 12.1 Å². The van der Waals surface area contributed by atoms with E-state index < -0.39 is 0 Å². The van der Waals surface area contributed by atoms with Crippen molar-refractivity contribution in [1.82, 2.24) is 5.43 Å². The Morgan fingerprint density at radius 1 is 1.24 bits per heavy atom. The van der Waals surface area contributed by atoms with Crippen molar-refractivity contribution in [3.8, 4) is 0 Å². The maximum Gasteiger partial charge on any atom is 0.240 e. The average molecular weight is 335 g/mol. The zero-order valence-electron chi connectivity index (χ0n) is 14.4. The SMILES string of the molecule is Cc1cc(NC(=O)Cc2ccccc2)ccc1C1=NNC(=O)CC1C. The van der Waals surface area contributed by atoms with Crippen LogP contribution in [-0.4, -0.2) is 17.5 Å². The van der Waals surface area contributed by atoms with Crippen molar-refractivity contribution < 1.29 is 9.59 Å². The van der Waals surface area contributed by atoms with Crippen LogP contribution in [0.25, 0.3) is 0 Å². The number of carbonyl (C=O) groups excluding carboxylic acids is 2. The summed E-state index contributed by atoms with van der Waals surface area (Å²) in [5, 5.41) is 7.13. The molecule has 0 fully saturated rings. The van der Waals surface area contributed by atoms with Crippen LogP contribution in [0.5, 0.6) is 0 Å². The second-order valence-electron chi connectivity index (χ2n) is 6.38. The number of rotatable bonds is 4. The maximum atomic E-state index is 12.2. The third-order valence-corrected chi connectivity index (χ3v) is 4.25. The van der Waals surface area contributed by atoms with E-state index in [1.165, 1.54) is 0 Å². The summed E-state index contributed by atoms with van der Waals surface area (Å²) in [4.78, 5) is 23.6. The molecule has 0 spiro atoms. The van der Waals surface area contributed by atoms with Crippen molar-refractivity contribution in [1.29, 1.82) is 0 Å². The first-order chi connectivity index (χ1) is 12.0. The van der Waals surface area contributed by atoms with Crippen LogP contribution < -0.4 is 10.7 Å². The molecule has 0 radical (unpaired) electrons. The Bertz CT molecular complexity index is 828. The molecular formula is C20H21N3O2. The van der Waals surface area contributed by atoms with Gasteiger partial charge in [0.2, 0.25) is 11.8 Å². The molecule has 0 aromatic heterocycles. The highest BCUT2D eigenvalue weighted by Crippen LogP contribution is 2.22. The second-order valence-corrected chi connectivity index (χ2v) is 6.38. The molecule has 0 saturated carbocycles. The largest absolute Gasteiger partial charge is 0.326 e. The normalized spacial score (nSPS) is 16.8. The molecule has 128 valence electrons. The van der Waals surface area contributed by atoms with Gasteiger partial charge in [-0.25, -0.2) is 5.43 Å². The number of nitrogens with zero attached hydrogens (tertiary/aromatic N) is 1. The molecule has 2 amide bonds. The molecule has 3 rings (SSSR count). The Morgan fingerprint density at radius 3 is 2.68 bits per heavy atom. The fourth-order valence-electron chi connectivity index (χ4n) is 2.99. The Kier molecular flexibility index (Phi) is 4.93. The minimum atomic E-state index is -0.0568. The number of aryl methyl sites for hydroxylation is 1. The van der Waals surface area contributed by atoms with E-state index in [-0.39, 0.29) is 17.7 Å². The molecule has 2 aromatic rings. The lowest BCUT2D eigenvalue weighted by Crippen LogP contribution is -2.32. The van der Waals surface area contributed by atoms with Crippen LogP contribution in [0.4, 0.5) is 5.69 Å². The molecule has 5 heteroatoms. The Labute approximate surface area is 147 Å². The topological polar surface area (TPSA) is 70.6 Å². The third kappa shape index (κ3) is 4.12. The zero-order chi connectivity index (χ0) is 17.8. The molecule has 0 bridgehead atoms. The minimum absolute atomic E-state index is 0.0472. The number of benzene rings is 2. The van der Waals surface area contributed by atoms with E-state index in [4.69, 9.17) is 0 Å². The van der Waals surface area contributed by atoms with Gasteiger partial charge in [-0.2, -0.15) is 5.10 Å². The van der Waals surface area contributed by atoms with Crippen molar-refractivity contribution in [3.05, 3.63) is 65.2 Å². The standard InChI is InChI=1S/C20H21N3O2/c1-13-10-16(21-18(24)12-15-6-4-3-5-7-15)8-9-17(13)20-14(2)11-19(25)22-23-20/h3-10,14H,11-12H2,1-2H3,(H,21,24)(H,22,25).